The number of carbonyl (C=O) groups is 1. The van der Waals surface area contributed by atoms with E-state index in [0.717, 1.165) is 12.3 Å². The molecular weight excluding hydrogens is 216 g/mol. The zero-order chi connectivity index (χ0) is 12.1. The molecule has 90 valence electrons. The first-order valence-corrected chi connectivity index (χ1v) is 7.13. The van der Waals surface area contributed by atoms with Gasteiger partial charge in [0.2, 0.25) is 0 Å². The van der Waals surface area contributed by atoms with E-state index in [-0.39, 0.29) is 5.25 Å². The molecule has 0 bridgehead atoms. The van der Waals surface area contributed by atoms with Gasteiger partial charge in [-0.2, -0.15) is 0 Å². The van der Waals surface area contributed by atoms with Gasteiger partial charge < -0.3 is 0 Å². The zero-order valence-corrected chi connectivity index (χ0v) is 11.6. The second-order valence-corrected chi connectivity index (χ2v) is 7.35. The Morgan fingerprint density at radius 1 is 1.50 bits per heavy atom. The first kappa shape index (κ1) is 12.2. The van der Waals surface area contributed by atoms with Crippen LogP contribution in [-0.4, -0.2) is 16.3 Å². The number of hydrogen-bond acceptors (Lipinski definition) is 2. The number of thioether (sulfide) groups is 1. The van der Waals surface area contributed by atoms with Crippen LogP contribution in [0.25, 0.3) is 0 Å². The number of allylic oxidation sites excluding steroid dienone is 1. The summed E-state index contributed by atoms with van der Waals surface area (Å²) in [5, 5.41) is 0.772. The van der Waals surface area contributed by atoms with Gasteiger partial charge >= 0.3 is 0 Å². The largest absolute Gasteiger partial charge is 0.299 e. The SMILES string of the molecule is C=C1CCC(C)C(C)(C)C1C1SC1C(C)=O. The highest BCUT2D eigenvalue weighted by Gasteiger charge is 2.54. The molecule has 0 N–H and O–H groups in total. The van der Waals surface area contributed by atoms with Crippen molar-refractivity contribution in [2.45, 2.75) is 51.0 Å². The highest BCUT2D eigenvalue weighted by atomic mass is 32.2. The van der Waals surface area contributed by atoms with Crippen molar-refractivity contribution in [3.05, 3.63) is 12.2 Å². The van der Waals surface area contributed by atoms with Crippen molar-refractivity contribution < 1.29 is 4.79 Å². The van der Waals surface area contributed by atoms with Gasteiger partial charge in [0, 0.05) is 5.25 Å². The maximum atomic E-state index is 11.4. The fourth-order valence-corrected chi connectivity index (χ4v) is 4.61. The Hall–Kier alpha value is -0.240. The summed E-state index contributed by atoms with van der Waals surface area (Å²) >= 11 is 1.85. The van der Waals surface area contributed by atoms with E-state index in [2.05, 4.69) is 27.4 Å². The van der Waals surface area contributed by atoms with Crippen LogP contribution in [0.4, 0.5) is 0 Å². The van der Waals surface area contributed by atoms with Crippen LogP contribution in [-0.2, 0) is 4.79 Å². The van der Waals surface area contributed by atoms with Crippen LogP contribution in [0.5, 0.6) is 0 Å². The van der Waals surface area contributed by atoms with E-state index in [1.807, 2.05) is 11.8 Å². The molecule has 2 fully saturated rings. The summed E-state index contributed by atoms with van der Waals surface area (Å²) in [6.07, 6.45) is 2.40. The normalized spacial score (nSPS) is 41.9. The van der Waals surface area contributed by atoms with Gasteiger partial charge in [0.1, 0.15) is 5.78 Å². The first-order chi connectivity index (χ1) is 7.35. The van der Waals surface area contributed by atoms with Crippen LogP contribution in [0.2, 0.25) is 0 Å². The molecule has 0 spiro atoms. The topological polar surface area (TPSA) is 17.1 Å². The van der Waals surface area contributed by atoms with Crippen LogP contribution in [0, 0.1) is 17.3 Å². The van der Waals surface area contributed by atoms with Gasteiger partial charge in [0.15, 0.2) is 0 Å². The molecule has 1 saturated carbocycles. The van der Waals surface area contributed by atoms with E-state index in [1.54, 1.807) is 6.92 Å². The number of carbonyl (C=O) groups excluding carboxylic acids is 1. The molecule has 0 aromatic heterocycles. The van der Waals surface area contributed by atoms with Crippen LogP contribution >= 0.6 is 11.8 Å². The average Bonchev–Trinajstić information content (AvgIpc) is 2.92. The predicted molar refractivity (Wildman–Crippen MR) is 70.7 cm³/mol. The number of ketones is 1. The number of rotatable bonds is 2. The van der Waals surface area contributed by atoms with Crippen molar-refractivity contribution in [3.63, 3.8) is 0 Å². The lowest BCUT2D eigenvalue weighted by Gasteiger charge is -2.45. The molecule has 4 atom stereocenters. The Balaban J connectivity index is 2.18. The van der Waals surface area contributed by atoms with E-state index >= 15 is 0 Å². The number of Topliss-reactive ketones (excluding diaryl/α,β-unsaturated/α-hetero) is 1. The summed E-state index contributed by atoms with van der Waals surface area (Å²) in [6.45, 7) is 13.0. The smallest absolute Gasteiger partial charge is 0.143 e. The standard InChI is InChI=1S/C14H22OS/c1-8-6-7-9(2)14(4,5)11(8)13-12(16-13)10(3)15/h9,11-13H,1,6-7H2,2-5H3. The highest BCUT2D eigenvalue weighted by Crippen LogP contribution is 2.59. The summed E-state index contributed by atoms with van der Waals surface area (Å²) < 4.78 is 0. The van der Waals surface area contributed by atoms with Gasteiger partial charge in [-0.1, -0.05) is 32.9 Å². The average molecular weight is 238 g/mol. The van der Waals surface area contributed by atoms with E-state index in [9.17, 15) is 4.79 Å². The van der Waals surface area contributed by atoms with E-state index < -0.39 is 0 Å². The minimum atomic E-state index is 0.256. The summed E-state index contributed by atoms with van der Waals surface area (Å²) in [6, 6.07) is 0. The lowest BCUT2D eigenvalue weighted by Crippen LogP contribution is -2.40. The Labute approximate surface area is 103 Å². The fraction of sp³-hybridized carbons (Fsp3) is 0.786. The van der Waals surface area contributed by atoms with Gasteiger partial charge in [-0.3, -0.25) is 4.79 Å². The van der Waals surface area contributed by atoms with Crippen LogP contribution < -0.4 is 0 Å². The molecule has 1 aliphatic carbocycles. The van der Waals surface area contributed by atoms with E-state index in [1.165, 1.54) is 12.0 Å². The Kier molecular flexibility index (Phi) is 2.98. The summed E-state index contributed by atoms with van der Waals surface area (Å²) in [7, 11) is 0. The molecule has 1 heterocycles. The summed E-state index contributed by atoms with van der Waals surface area (Å²) in [5.74, 6) is 1.61. The molecule has 16 heavy (non-hydrogen) atoms. The molecule has 0 aromatic carbocycles. The molecule has 2 heteroatoms. The molecule has 0 radical (unpaired) electrons. The van der Waals surface area contributed by atoms with E-state index in [0.29, 0.717) is 22.4 Å². The van der Waals surface area contributed by atoms with Crippen molar-refractivity contribution in [2.75, 3.05) is 0 Å². The minimum absolute atomic E-state index is 0.256. The second kappa shape index (κ2) is 3.90. The first-order valence-electron chi connectivity index (χ1n) is 6.19. The van der Waals surface area contributed by atoms with E-state index in [4.69, 9.17) is 0 Å². The van der Waals surface area contributed by atoms with Crippen molar-refractivity contribution in [2.24, 2.45) is 17.3 Å². The predicted octanol–water partition coefficient (Wildman–Crippen LogP) is 3.69. The van der Waals surface area contributed by atoms with Crippen molar-refractivity contribution in [3.8, 4) is 0 Å². The van der Waals surface area contributed by atoms with Crippen LogP contribution in [0.1, 0.15) is 40.5 Å². The molecule has 4 unspecified atom stereocenters. The molecule has 1 aliphatic heterocycles. The van der Waals surface area contributed by atoms with Crippen molar-refractivity contribution in [1.82, 2.24) is 0 Å². The molecule has 1 saturated heterocycles. The molecule has 2 aliphatic rings. The summed E-state index contributed by atoms with van der Waals surface area (Å²) in [5.41, 5.74) is 1.68. The Bertz CT molecular complexity index is 332. The van der Waals surface area contributed by atoms with Crippen molar-refractivity contribution in [1.29, 1.82) is 0 Å². The highest BCUT2D eigenvalue weighted by molar-refractivity contribution is 8.08. The molecular formula is C14H22OS. The number of hydrogen-bond donors (Lipinski definition) is 0. The van der Waals surface area contributed by atoms with Crippen LogP contribution in [0.15, 0.2) is 12.2 Å². The Morgan fingerprint density at radius 3 is 2.62 bits per heavy atom. The third kappa shape index (κ3) is 1.85. The van der Waals surface area contributed by atoms with Crippen LogP contribution in [0.3, 0.4) is 0 Å². The monoisotopic (exact) mass is 238 g/mol. The maximum Gasteiger partial charge on any atom is 0.143 e. The lowest BCUT2D eigenvalue weighted by molar-refractivity contribution is -0.116. The van der Waals surface area contributed by atoms with Crippen molar-refractivity contribution >= 4 is 17.5 Å². The maximum absolute atomic E-state index is 11.4. The third-order valence-electron chi connectivity index (χ3n) is 4.66. The molecule has 2 rings (SSSR count). The zero-order valence-electron chi connectivity index (χ0n) is 10.7. The Morgan fingerprint density at radius 2 is 2.12 bits per heavy atom. The summed E-state index contributed by atoms with van der Waals surface area (Å²) in [4.78, 5) is 11.4. The van der Waals surface area contributed by atoms with Gasteiger partial charge in [-0.05, 0) is 37.0 Å². The van der Waals surface area contributed by atoms with Gasteiger partial charge in [-0.15, -0.1) is 11.8 Å². The third-order valence-corrected chi connectivity index (χ3v) is 6.13. The quantitative estimate of drug-likeness (QED) is 0.539. The lowest BCUT2D eigenvalue weighted by atomic mass is 9.60. The van der Waals surface area contributed by atoms with Gasteiger partial charge in [0.05, 0.1) is 5.25 Å². The second-order valence-electron chi connectivity index (χ2n) is 6.03. The molecule has 1 nitrogen and oxygen atoms in total. The molecule has 0 aromatic rings. The molecule has 0 amide bonds. The fourth-order valence-electron chi connectivity index (χ4n) is 3.12. The minimum Gasteiger partial charge on any atom is -0.299 e. The van der Waals surface area contributed by atoms with Gasteiger partial charge in [-0.25, -0.2) is 0 Å². The van der Waals surface area contributed by atoms with Gasteiger partial charge in [0.25, 0.3) is 0 Å².